The number of carbonyl (C=O) groups is 1. The van der Waals surface area contributed by atoms with Crippen LogP contribution in [0.25, 0.3) is 0 Å². The second kappa shape index (κ2) is 5.75. The molecular weight excluding hydrogens is 270 g/mol. The number of benzene rings is 1. The highest BCUT2D eigenvalue weighted by Crippen LogP contribution is 2.22. The van der Waals surface area contributed by atoms with E-state index in [1.165, 1.54) is 29.8 Å². The first-order valence-corrected chi connectivity index (χ1v) is 7.82. The fraction of sp³-hybridized carbons (Fsp3) is 0.375. The maximum atomic E-state index is 12.3. The Morgan fingerprint density at radius 3 is 2.75 bits per heavy atom. The lowest BCUT2D eigenvalue weighted by Gasteiger charge is -2.07. The summed E-state index contributed by atoms with van der Waals surface area (Å²) in [7, 11) is 1.63. The number of aromatic nitrogens is 1. The van der Waals surface area contributed by atoms with Gasteiger partial charge in [-0.3, -0.25) is 4.79 Å². The number of thiazole rings is 1. The number of rotatable bonds is 4. The highest BCUT2D eigenvalue weighted by atomic mass is 32.1. The summed E-state index contributed by atoms with van der Waals surface area (Å²) in [6.45, 7) is 0.443. The number of nitrogens with zero attached hydrogens (tertiary/aromatic N) is 1. The predicted octanol–water partition coefficient (Wildman–Crippen LogP) is 2.81. The molecule has 0 saturated carbocycles. The van der Waals surface area contributed by atoms with Crippen molar-refractivity contribution < 1.29 is 14.1 Å². The molecule has 0 unspecified atom stereocenters. The average Bonchev–Trinajstić information content (AvgIpc) is 2.91. The molecule has 0 N–H and O–H groups in total. The Hall–Kier alpha value is -1.68. The van der Waals surface area contributed by atoms with Crippen molar-refractivity contribution in [1.29, 1.82) is 0 Å². The zero-order valence-electron chi connectivity index (χ0n) is 11.6. The van der Waals surface area contributed by atoms with E-state index in [1.54, 1.807) is 18.4 Å². The lowest BCUT2D eigenvalue weighted by atomic mass is 10.0. The molecule has 0 saturated heterocycles. The van der Waals surface area contributed by atoms with Gasteiger partial charge in [0.15, 0.2) is 5.69 Å². The maximum Gasteiger partial charge on any atom is 0.227 e. The van der Waals surface area contributed by atoms with Crippen LogP contribution in [0.2, 0.25) is 0 Å². The maximum absolute atomic E-state index is 12.3. The monoisotopic (exact) mass is 288 g/mol. The molecule has 0 fully saturated rings. The van der Waals surface area contributed by atoms with Crippen LogP contribution in [0, 0.1) is 0 Å². The molecule has 104 valence electrons. The highest BCUT2D eigenvalue weighted by Gasteiger charge is 2.24. The minimum Gasteiger partial charge on any atom is -0.497 e. The van der Waals surface area contributed by atoms with E-state index in [-0.39, 0.29) is 5.78 Å². The molecule has 3 rings (SSSR count). The summed E-state index contributed by atoms with van der Waals surface area (Å²) in [6, 6.07) is 7.34. The zero-order chi connectivity index (χ0) is 13.9. The van der Waals surface area contributed by atoms with Gasteiger partial charge < -0.3 is 4.74 Å². The SMILES string of the molecule is COc1ccc(C(=O)C[n+]2csc3c2CCCC3)cc1. The van der Waals surface area contributed by atoms with Gasteiger partial charge >= 0.3 is 0 Å². The summed E-state index contributed by atoms with van der Waals surface area (Å²) in [6.07, 6.45) is 4.79. The second-order valence-electron chi connectivity index (χ2n) is 5.08. The number of aryl methyl sites for hydroxylation is 1. The highest BCUT2D eigenvalue weighted by molar-refractivity contribution is 7.09. The second-order valence-corrected chi connectivity index (χ2v) is 6.02. The summed E-state index contributed by atoms with van der Waals surface area (Å²) in [5, 5.41) is 0. The van der Waals surface area contributed by atoms with Crippen molar-refractivity contribution in [2.24, 2.45) is 0 Å². The van der Waals surface area contributed by atoms with Crippen LogP contribution in [-0.2, 0) is 19.4 Å². The third kappa shape index (κ3) is 2.61. The quantitative estimate of drug-likeness (QED) is 0.640. The Balaban J connectivity index is 1.76. The molecular formula is C16H18NO2S+. The third-order valence-electron chi connectivity index (χ3n) is 3.78. The first kappa shape index (κ1) is 13.3. The molecule has 0 spiro atoms. The lowest BCUT2D eigenvalue weighted by Crippen LogP contribution is -2.40. The Kier molecular flexibility index (Phi) is 3.83. The fourth-order valence-electron chi connectivity index (χ4n) is 2.64. The number of ether oxygens (including phenoxy) is 1. The van der Waals surface area contributed by atoms with E-state index in [0.29, 0.717) is 6.54 Å². The van der Waals surface area contributed by atoms with Gasteiger partial charge in [0.2, 0.25) is 17.8 Å². The van der Waals surface area contributed by atoms with Crippen LogP contribution < -0.4 is 9.30 Å². The molecule has 1 aromatic carbocycles. The van der Waals surface area contributed by atoms with E-state index in [9.17, 15) is 4.79 Å². The van der Waals surface area contributed by atoms with Crippen molar-refractivity contribution in [1.82, 2.24) is 0 Å². The van der Waals surface area contributed by atoms with E-state index in [4.69, 9.17) is 4.74 Å². The molecule has 4 heteroatoms. The molecule has 3 nitrogen and oxygen atoms in total. The summed E-state index contributed by atoms with van der Waals surface area (Å²) in [4.78, 5) is 13.8. The Labute approximate surface area is 122 Å². The molecule has 1 heterocycles. The molecule has 1 aromatic heterocycles. The van der Waals surface area contributed by atoms with Crippen LogP contribution in [0.5, 0.6) is 5.75 Å². The minimum atomic E-state index is 0.156. The van der Waals surface area contributed by atoms with Crippen LogP contribution in [-0.4, -0.2) is 12.9 Å². The molecule has 0 radical (unpaired) electrons. The van der Waals surface area contributed by atoms with E-state index in [1.807, 2.05) is 24.3 Å². The molecule has 0 bridgehead atoms. The molecule has 0 atom stereocenters. The Bertz CT molecular complexity index is 616. The van der Waals surface area contributed by atoms with Crippen molar-refractivity contribution in [3.05, 3.63) is 45.9 Å². The summed E-state index contributed by atoms with van der Waals surface area (Å²) < 4.78 is 7.25. The van der Waals surface area contributed by atoms with Gasteiger partial charge in [0, 0.05) is 12.0 Å². The van der Waals surface area contributed by atoms with Crippen molar-refractivity contribution in [2.45, 2.75) is 32.2 Å². The molecule has 2 aromatic rings. The number of Topliss-reactive ketones (excluding diaryl/α,β-unsaturated/α-hetero) is 1. The van der Waals surface area contributed by atoms with Gasteiger partial charge in [0.05, 0.1) is 12.0 Å². The van der Waals surface area contributed by atoms with E-state index in [2.05, 4.69) is 10.1 Å². The molecule has 0 amide bonds. The zero-order valence-corrected chi connectivity index (χ0v) is 12.4. The van der Waals surface area contributed by atoms with Crippen LogP contribution in [0.15, 0.2) is 29.8 Å². The average molecular weight is 288 g/mol. The number of hydrogen-bond donors (Lipinski definition) is 0. The van der Waals surface area contributed by atoms with Crippen molar-refractivity contribution in [3.8, 4) is 5.75 Å². The van der Waals surface area contributed by atoms with E-state index in [0.717, 1.165) is 17.7 Å². The van der Waals surface area contributed by atoms with Crippen molar-refractivity contribution in [2.75, 3.05) is 7.11 Å². The predicted molar refractivity (Wildman–Crippen MR) is 78.5 cm³/mol. The van der Waals surface area contributed by atoms with Crippen LogP contribution in [0.4, 0.5) is 0 Å². The Morgan fingerprint density at radius 2 is 2.00 bits per heavy atom. The standard InChI is InChI=1S/C16H18NO2S/c1-19-13-8-6-12(7-9-13)15(18)10-17-11-20-16-5-3-2-4-14(16)17/h6-9,11H,2-5,10H2,1H3/q+1. The first-order chi connectivity index (χ1) is 9.78. The smallest absolute Gasteiger partial charge is 0.227 e. The van der Waals surface area contributed by atoms with E-state index < -0.39 is 0 Å². The molecule has 1 aliphatic carbocycles. The van der Waals surface area contributed by atoms with Gasteiger partial charge in [-0.1, -0.05) is 11.3 Å². The minimum absolute atomic E-state index is 0.156. The molecule has 20 heavy (non-hydrogen) atoms. The van der Waals surface area contributed by atoms with Gasteiger partial charge in [-0.2, -0.15) is 4.57 Å². The first-order valence-electron chi connectivity index (χ1n) is 6.94. The van der Waals surface area contributed by atoms with Gasteiger partial charge in [0.25, 0.3) is 0 Å². The number of carbonyl (C=O) groups excluding carboxylic acids is 1. The molecule has 0 aliphatic heterocycles. The van der Waals surface area contributed by atoms with Crippen LogP contribution in [0.1, 0.15) is 33.8 Å². The van der Waals surface area contributed by atoms with Gasteiger partial charge in [0.1, 0.15) is 5.75 Å². The number of fused-ring (bicyclic) bond motifs is 1. The Morgan fingerprint density at radius 1 is 1.25 bits per heavy atom. The molecule has 1 aliphatic rings. The fourth-order valence-corrected chi connectivity index (χ4v) is 3.71. The third-order valence-corrected chi connectivity index (χ3v) is 4.87. The van der Waals surface area contributed by atoms with Crippen molar-refractivity contribution in [3.63, 3.8) is 0 Å². The van der Waals surface area contributed by atoms with E-state index >= 15 is 0 Å². The number of hydrogen-bond acceptors (Lipinski definition) is 3. The largest absolute Gasteiger partial charge is 0.497 e. The summed E-state index contributed by atoms with van der Waals surface area (Å²) in [5.41, 5.74) is 4.20. The van der Waals surface area contributed by atoms with Gasteiger partial charge in [-0.05, 0) is 43.5 Å². The van der Waals surface area contributed by atoms with Gasteiger partial charge in [-0.15, -0.1) is 0 Å². The van der Waals surface area contributed by atoms with Crippen molar-refractivity contribution >= 4 is 17.1 Å². The summed E-state index contributed by atoms with van der Waals surface area (Å²) >= 11 is 1.79. The van der Waals surface area contributed by atoms with Crippen LogP contribution >= 0.6 is 11.3 Å². The normalized spacial score (nSPS) is 13.8. The van der Waals surface area contributed by atoms with Gasteiger partial charge in [-0.25, -0.2) is 0 Å². The number of methoxy groups -OCH3 is 1. The number of ketones is 1. The summed E-state index contributed by atoms with van der Waals surface area (Å²) in [5.74, 6) is 0.936. The van der Waals surface area contributed by atoms with Crippen LogP contribution in [0.3, 0.4) is 0 Å². The lowest BCUT2D eigenvalue weighted by molar-refractivity contribution is -0.686. The topological polar surface area (TPSA) is 30.2 Å².